The number of benzene rings is 3. The van der Waals surface area contributed by atoms with Crippen molar-refractivity contribution >= 4 is 57.8 Å². The Morgan fingerprint density at radius 1 is 1.00 bits per heavy atom. The average molecular weight is 582 g/mol. The highest BCUT2D eigenvalue weighted by Gasteiger charge is 2.38. The van der Waals surface area contributed by atoms with Crippen LogP contribution in [0.15, 0.2) is 76.6 Å². The third-order valence-corrected chi connectivity index (χ3v) is 8.20. The number of aliphatic imine (C=N–C) groups is 1. The summed E-state index contributed by atoms with van der Waals surface area (Å²) in [6.45, 7) is 2.68. The van der Waals surface area contributed by atoms with Gasteiger partial charge in [0.1, 0.15) is 6.61 Å². The zero-order valence-corrected chi connectivity index (χ0v) is 24.1. The maximum Gasteiger partial charge on any atom is 0.267 e. The van der Waals surface area contributed by atoms with E-state index >= 15 is 0 Å². The normalized spacial score (nSPS) is 18.2. The molecule has 1 saturated heterocycles. The Morgan fingerprint density at radius 3 is 2.46 bits per heavy atom. The van der Waals surface area contributed by atoms with E-state index in [2.05, 4.69) is 0 Å². The van der Waals surface area contributed by atoms with E-state index in [4.69, 9.17) is 37.7 Å². The van der Waals surface area contributed by atoms with Crippen LogP contribution in [0, 0.1) is 0 Å². The summed E-state index contributed by atoms with van der Waals surface area (Å²) in [4.78, 5) is 21.1. The minimum absolute atomic E-state index is 0.0151. The van der Waals surface area contributed by atoms with Crippen molar-refractivity contribution in [2.75, 3.05) is 6.61 Å². The number of halogens is 2. The standard InChI is InChI=1S/C31H30Cl2N2O3S/c1-2-37-27-18-22(17-26(33)29(27)38-20-21-13-15-23(32)16-14-21)19-28-30(36)35(25-11-7-4-8-12-25)31(39-28)34-24-9-5-3-6-10-24/h3,5-6,9-10,13-19,25H,2,4,7-8,11-12,20H2,1H3. The molecule has 0 spiro atoms. The molecule has 5 nitrogen and oxygen atoms in total. The van der Waals surface area contributed by atoms with Crippen LogP contribution in [0.25, 0.3) is 6.08 Å². The number of nitrogens with zero attached hydrogens (tertiary/aromatic N) is 2. The van der Waals surface area contributed by atoms with E-state index in [-0.39, 0.29) is 11.9 Å². The number of para-hydroxylation sites is 1. The summed E-state index contributed by atoms with van der Waals surface area (Å²) in [6, 6.07) is 21.1. The van der Waals surface area contributed by atoms with E-state index in [1.807, 2.05) is 78.6 Å². The maximum absolute atomic E-state index is 13.7. The average Bonchev–Trinajstić information content (AvgIpc) is 3.24. The van der Waals surface area contributed by atoms with Crippen molar-refractivity contribution in [1.29, 1.82) is 0 Å². The molecule has 202 valence electrons. The van der Waals surface area contributed by atoms with Gasteiger partial charge in [-0.2, -0.15) is 0 Å². The van der Waals surface area contributed by atoms with Crippen LogP contribution in [0.4, 0.5) is 5.69 Å². The van der Waals surface area contributed by atoms with Crippen molar-refractivity contribution in [3.05, 3.63) is 92.8 Å². The van der Waals surface area contributed by atoms with Crippen molar-refractivity contribution in [3.63, 3.8) is 0 Å². The van der Waals surface area contributed by atoms with Gasteiger partial charge in [0.2, 0.25) is 0 Å². The number of carbonyl (C=O) groups excluding carboxylic acids is 1. The molecule has 0 aromatic heterocycles. The van der Waals surface area contributed by atoms with Gasteiger partial charge in [-0.1, -0.05) is 72.8 Å². The molecule has 1 aliphatic carbocycles. The lowest BCUT2D eigenvalue weighted by atomic mass is 9.94. The van der Waals surface area contributed by atoms with Crippen LogP contribution >= 0.6 is 35.0 Å². The maximum atomic E-state index is 13.7. The Morgan fingerprint density at radius 2 is 1.74 bits per heavy atom. The number of hydrogen-bond acceptors (Lipinski definition) is 5. The number of amides is 1. The van der Waals surface area contributed by atoms with E-state index < -0.39 is 0 Å². The number of hydrogen-bond donors (Lipinski definition) is 0. The molecule has 1 saturated carbocycles. The summed E-state index contributed by atoms with van der Waals surface area (Å²) < 4.78 is 11.9. The molecule has 0 bridgehead atoms. The highest BCUT2D eigenvalue weighted by Crippen LogP contribution is 2.41. The van der Waals surface area contributed by atoms with E-state index in [0.717, 1.165) is 47.7 Å². The fourth-order valence-electron chi connectivity index (χ4n) is 4.80. The molecule has 3 aromatic rings. The zero-order valence-electron chi connectivity index (χ0n) is 21.7. The molecule has 1 amide bonds. The molecule has 1 aliphatic heterocycles. The highest BCUT2D eigenvalue weighted by atomic mass is 35.5. The summed E-state index contributed by atoms with van der Waals surface area (Å²) in [5.74, 6) is 0.985. The molecule has 2 aliphatic rings. The second-order valence-electron chi connectivity index (χ2n) is 9.49. The SMILES string of the molecule is CCOc1cc(C=C2SC(=Nc3ccccc3)N(C3CCCCC3)C2=O)cc(Cl)c1OCc1ccc(Cl)cc1. The van der Waals surface area contributed by atoms with Crippen LogP contribution in [0.5, 0.6) is 11.5 Å². The lowest BCUT2D eigenvalue weighted by Crippen LogP contribution is -2.40. The monoisotopic (exact) mass is 580 g/mol. The first-order valence-corrected chi connectivity index (χ1v) is 14.8. The van der Waals surface area contributed by atoms with Gasteiger partial charge in [-0.25, -0.2) is 4.99 Å². The van der Waals surface area contributed by atoms with Gasteiger partial charge in [0.15, 0.2) is 16.7 Å². The fourth-order valence-corrected chi connectivity index (χ4v) is 6.26. The van der Waals surface area contributed by atoms with Crippen LogP contribution in [0.1, 0.15) is 50.2 Å². The quantitative estimate of drug-likeness (QED) is 0.249. The Bertz CT molecular complexity index is 1370. The lowest BCUT2D eigenvalue weighted by molar-refractivity contribution is -0.124. The number of amidine groups is 1. The Hall–Kier alpha value is -2.93. The molecule has 0 radical (unpaired) electrons. The third-order valence-electron chi connectivity index (χ3n) is 6.68. The van der Waals surface area contributed by atoms with Gasteiger partial charge in [0.25, 0.3) is 5.91 Å². The first-order chi connectivity index (χ1) is 19.0. The Labute approximate surface area is 243 Å². The summed E-state index contributed by atoms with van der Waals surface area (Å²) in [7, 11) is 0. The van der Waals surface area contributed by atoms with Gasteiger partial charge in [-0.15, -0.1) is 0 Å². The van der Waals surface area contributed by atoms with Crippen molar-refractivity contribution in [1.82, 2.24) is 4.90 Å². The van der Waals surface area contributed by atoms with Crippen LogP contribution in [-0.2, 0) is 11.4 Å². The van der Waals surface area contributed by atoms with E-state index in [1.165, 1.54) is 18.2 Å². The van der Waals surface area contributed by atoms with Crippen LogP contribution in [-0.4, -0.2) is 28.6 Å². The molecule has 3 aromatic carbocycles. The topological polar surface area (TPSA) is 51.1 Å². The molecular weight excluding hydrogens is 551 g/mol. The fraction of sp³-hybridized carbons (Fsp3) is 0.290. The van der Waals surface area contributed by atoms with Crippen molar-refractivity contribution in [3.8, 4) is 11.5 Å². The smallest absolute Gasteiger partial charge is 0.267 e. The van der Waals surface area contributed by atoms with Crippen molar-refractivity contribution in [2.45, 2.75) is 51.7 Å². The third kappa shape index (κ3) is 6.81. The van der Waals surface area contributed by atoms with E-state index in [9.17, 15) is 4.79 Å². The summed E-state index contributed by atoms with van der Waals surface area (Å²) in [5, 5.41) is 1.81. The molecule has 8 heteroatoms. The Kier molecular flexibility index (Phi) is 9.17. The van der Waals surface area contributed by atoms with E-state index in [1.54, 1.807) is 6.07 Å². The Balaban J connectivity index is 1.44. The second-order valence-corrected chi connectivity index (χ2v) is 11.3. The highest BCUT2D eigenvalue weighted by molar-refractivity contribution is 8.18. The van der Waals surface area contributed by atoms with Gasteiger partial charge in [-0.3, -0.25) is 9.69 Å². The molecule has 0 N–H and O–H groups in total. The minimum atomic E-state index is -0.0151. The van der Waals surface area contributed by atoms with Crippen LogP contribution in [0.3, 0.4) is 0 Å². The van der Waals surface area contributed by atoms with E-state index in [0.29, 0.717) is 39.7 Å². The lowest BCUT2D eigenvalue weighted by Gasteiger charge is -2.30. The number of rotatable bonds is 8. The summed E-state index contributed by atoms with van der Waals surface area (Å²) in [5.41, 5.74) is 2.56. The van der Waals surface area contributed by atoms with Gasteiger partial charge in [-0.05, 0) is 85.1 Å². The molecule has 5 rings (SSSR count). The zero-order chi connectivity index (χ0) is 27.2. The van der Waals surface area contributed by atoms with Crippen LogP contribution in [0.2, 0.25) is 10.0 Å². The first kappa shape index (κ1) is 27.6. The molecule has 39 heavy (non-hydrogen) atoms. The second kappa shape index (κ2) is 12.9. The van der Waals surface area contributed by atoms with Crippen molar-refractivity contribution in [2.24, 2.45) is 4.99 Å². The predicted octanol–water partition coefficient (Wildman–Crippen LogP) is 8.91. The molecule has 1 heterocycles. The van der Waals surface area contributed by atoms with Crippen LogP contribution < -0.4 is 9.47 Å². The first-order valence-electron chi connectivity index (χ1n) is 13.2. The number of carbonyl (C=O) groups is 1. The number of ether oxygens (including phenoxy) is 2. The number of thioether (sulfide) groups is 1. The summed E-state index contributed by atoms with van der Waals surface area (Å²) >= 11 is 14.1. The van der Waals surface area contributed by atoms with Gasteiger partial charge in [0.05, 0.1) is 22.2 Å². The molecule has 0 atom stereocenters. The van der Waals surface area contributed by atoms with Gasteiger partial charge in [0, 0.05) is 11.1 Å². The summed E-state index contributed by atoms with van der Waals surface area (Å²) in [6.07, 6.45) is 7.32. The molecular formula is C31H30Cl2N2O3S. The minimum Gasteiger partial charge on any atom is -0.490 e. The predicted molar refractivity (Wildman–Crippen MR) is 161 cm³/mol. The van der Waals surface area contributed by atoms with Crippen molar-refractivity contribution < 1.29 is 14.3 Å². The largest absolute Gasteiger partial charge is 0.490 e. The van der Waals surface area contributed by atoms with Gasteiger partial charge < -0.3 is 9.47 Å². The molecule has 0 unspecified atom stereocenters. The van der Waals surface area contributed by atoms with Gasteiger partial charge >= 0.3 is 0 Å². The molecule has 2 fully saturated rings.